The van der Waals surface area contributed by atoms with Gasteiger partial charge in [-0.2, -0.15) is 5.10 Å². The lowest BCUT2D eigenvalue weighted by atomic mass is 10.1. The Morgan fingerprint density at radius 2 is 1.88 bits per heavy atom. The van der Waals surface area contributed by atoms with Gasteiger partial charge >= 0.3 is 0 Å². The molecule has 0 radical (unpaired) electrons. The number of amides is 1. The summed E-state index contributed by atoms with van der Waals surface area (Å²) in [6.45, 7) is 8.94. The smallest absolute Gasteiger partial charge is 0.254 e. The molecule has 32 heavy (non-hydrogen) atoms. The molecule has 1 aliphatic heterocycles. The maximum absolute atomic E-state index is 13.2. The second kappa shape index (κ2) is 9.91. The SMILES string of the molecule is CCN(CC)C(=O)c1cc(-c2ccnc(Cc3ccn(C)n3)c2)nc(N2CCNCC2)c1. The molecule has 3 aromatic heterocycles. The largest absolute Gasteiger partial charge is 0.354 e. The van der Waals surface area contributed by atoms with Crippen LogP contribution in [0.25, 0.3) is 11.3 Å². The lowest BCUT2D eigenvalue weighted by Crippen LogP contribution is -2.44. The van der Waals surface area contributed by atoms with Crippen LogP contribution in [-0.4, -0.2) is 69.8 Å². The van der Waals surface area contributed by atoms with Crippen LogP contribution in [0, 0.1) is 0 Å². The number of aromatic nitrogens is 4. The normalized spacial score (nSPS) is 13.9. The molecule has 0 aromatic carbocycles. The van der Waals surface area contributed by atoms with E-state index in [1.165, 1.54) is 0 Å². The first-order chi connectivity index (χ1) is 15.6. The van der Waals surface area contributed by atoms with E-state index >= 15 is 0 Å². The molecule has 1 aliphatic rings. The van der Waals surface area contributed by atoms with Crippen molar-refractivity contribution < 1.29 is 4.79 Å². The van der Waals surface area contributed by atoms with Crippen LogP contribution in [0.1, 0.15) is 35.6 Å². The molecular formula is C24H31N7O. The fraction of sp³-hybridized carbons (Fsp3) is 0.417. The number of hydrogen-bond donors (Lipinski definition) is 1. The molecule has 0 unspecified atom stereocenters. The number of anilines is 1. The Kier molecular flexibility index (Phi) is 6.80. The average molecular weight is 434 g/mol. The van der Waals surface area contributed by atoms with E-state index in [0.29, 0.717) is 25.1 Å². The van der Waals surface area contributed by atoms with Crippen LogP contribution in [0.4, 0.5) is 5.82 Å². The molecule has 4 heterocycles. The van der Waals surface area contributed by atoms with Gasteiger partial charge in [0.1, 0.15) is 5.82 Å². The second-order valence-electron chi connectivity index (χ2n) is 8.01. The predicted octanol–water partition coefficient (Wildman–Crippen LogP) is 2.36. The third-order valence-electron chi connectivity index (χ3n) is 5.79. The van der Waals surface area contributed by atoms with E-state index in [0.717, 1.165) is 54.6 Å². The van der Waals surface area contributed by atoms with Crippen LogP contribution >= 0.6 is 0 Å². The molecule has 1 N–H and O–H groups in total. The number of hydrogen-bond acceptors (Lipinski definition) is 6. The summed E-state index contributed by atoms with van der Waals surface area (Å²) in [5, 5.41) is 7.83. The number of nitrogens with zero attached hydrogens (tertiary/aromatic N) is 6. The summed E-state index contributed by atoms with van der Waals surface area (Å²) in [6, 6.07) is 9.85. The first kappa shape index (κ1) is 22.0. The molecule has 1 saturated heterocycles. The summed E-state index contributed by atoms with van der Waals surface area (Å²) in [7, 11) is 1.91. The van der Waals surface area contributed by atoms with Gasteiger partial charge in [0.25, 0.3) is 5.91 Å². The van der Waals surface area contributed by atoms with Gasteiger partial charge in [0.2, 0.25) is 0 Å². The van der Waals surface area contributed by atoms with Crippen LogP contribution in [0.5, 0.6) is 0 Å². The van der Waals surface area contributed by atoms with Crippen LogP contribution in [0.2, 0.25) is 0 Å². The van der Waals surface area contributed by atoms with Crippen LogP contribution < -0.4 is 10.2 Å². The Hall–Kier alpha value is -3.26. The highest BCUT2D eigenvalue weighted by Gasteiger charge is 2.19. The second-order valence-corrected chi connectivity index (χ2v) is 8.01. The van der Waals surface area contributed by atoms with E-state index in [-0.39, 0.29) is 5.91 Å². The van der Waals surface area contributed by atoms with Crippen molar-refractivity contribution in [3.8, 4) is 11.3 Å². The standard InChI is InChI=1S/C24H31N7O/c1-4-30(5-2)24(32)19-15-22(27-23(16-19)31-12-9-25-10-13-31)18-6-8-26-21(14-18)17-20-7-11-29(3)28-20/h6-8,11,14-16,25H,4-5,9-10,12-13,17H2,1-3H3. The topological polar surface area (TPSA) is 79.2 Å². The van der Waals surface area contributed by atoms with Gasteiger partial charge in [-0.05, 0) is 44.2 Å². The summed E-state index contributed by atoms with van der Waals surface area (Å²) >= 11 is 0. The highest BCUT2D eigenvalue weighted by Crippen LogP contribution is 2.25. The molecule has 0 spiro atoms. The monoisotopic (exact) mass is 433 g/mol. The Morgan fingerprint density at radius 1 is 1.09 bits per heavy atom. The predicted molar refractivity (Wildman–Crippen MR) is 126 cm³/mol. The average Bonchev–Trinajstić information content (AvgIpc) is 3.24. The third-order valence-corrected chi connectivity index (χ3v) is 5.79. The molecule has 1 amide bonds. The van der Waals surface area contributed by atoms with Crippen molar-refractivity contribution >= 4 is 11.7 Å². The van der Waals surface area contributed by atoms with Crippen LogP contribution in [-0.2, 0) is 13.5 Å². The molecule has 8 heteroatoms. The zero-order valence-corrected chi connectivity index (χ0v) is 19.1. The van der Waals surface area contributed by atoms with E-state index in [1.807, 2.05) is 62.3 Å². The minimum Gasteiger partial charge on any atom is -0.354 e. The molecule has 0 aliphatic carbocycles. The first-order valence-electron chi connectivity index (χ1n) is 11.3. The van der Waals surface area contributed by atoms with Crippen molar-refractivity contribution in [1.82, 2.24) is 30.0 Å². The van der Waals surface area contributed by atoms with E-state index in [9.17, 15) is 4.79 Å². The third kappa shape index (κ3) is 4.96. The van der Waals surface area contributed by atoms with Crippen molar-refractivity contribution in [1.29, 1.82) is 0 Å². The Bertz CT molecular complexity index is 1070. The maximum atomic E-state index is 13.2. The molecule has 0 atom stereocenters. The number of carbonyl (C=O) groups excluding carboxylic acids is 1. The number of pyridine rings is 2. The quantitative estimate of drug-likeness (QED) is 0.616. The zero-order valence-electron chi connectivity index (χ0n) is 19.1. The van der Waals surface area contributed by atoms with Gasteiger partial charge in [-0.1, -0.05) is 0 Å². The molecule has 0 bridgehead atoms. The van der Waals surface area contributed by atoms with Crippen molar-refractivity contribution in [3.05, 3.63) is 59.7 Å². The van der Waals surface area contributed by atoms with Gasteiger partial charge in [0, 0.05) is 82.0 Å². The molecule has 168 valence electrons. The van der Waals surface area contributed by atoms with Gasteiger partial charge in [-0.25, -0.2) is 4.98 Å². The fourth-order valence-corrected chi connectivity index (χ4v) is 4.01. The Balaban J connectivity index is 1.71. The summed E-state index contributed by atoms with van der Waals surface area (Å²) in [6.07, 6.45) is 4.39. The van der Waals surface area contributed by atoms with Gasteiger partial charge in [0.05, 0.1) is 11.4 Å². The van der Waals surface area contributed by atoms with Crippen LogP contribution in [0.15, 0.2) is 42.7 Å². The molecule has 4 rings (SSSR count). The molecule has 3 aromatic rings. The van der Waals surface area contributed by atoms with Crippen molar-refractivity contribution in [2.24, 2.45) is 7.05 Å². The lowest BCUT2D eigenvalue weighted by Gasteiger charge is -2.29. The number of carbonyl (C=O) groups is 1. The summed E-state index contributed by atoms with van der Waals surface area (Å²) in [5.74, 6) is 0.889. The first-order valence-corrected chi connectivity index (χ1v) is 11.3. The number of rotatable bonds is 7. The lowest BCUT2D eigenvalue weighted by molar-refractivity contribution is 0.0773. The van der Waals surface area contributed by atoms with Gasteiger partial charge < -0.3 is 15.1 Å². The molecule has 8 nitrogen and oxygen atoms in total. The van der Waals surface area contributed by atoms with Crippen LogP contribution in [0.3, 0.4) is 0 Å². The van der Waals surface area contributed by atoms with Gasteiger partial charge in [-0.3, -0.25) is 14.5 Å². The highest BCUT2D eigenvalue weighted by atomic mass is 16.2. The fourth-order valence-electron chi connectivity index (χ4n) is 4.01. The van der Waals surface area contributed by atoms with E-state index in [4.69, 9.17) is 4.98 Å². The van der Waals surface area contributed by atoms with Crippen molar-refractivity contribution in [2.45, 2.75) is 20.3 Å². The minimum atomic E-state index is 0.0396. The Morgan fingerprint density at radius 3 is 2.56 bits per heavy atom. The van der Waals surface area contributed by atoms with E-state index < -0.39 is 0 Å². The molecule has 0 saturated carbocycles. The Labute approximate surface area is 189 Å². The maximum Gasteiger partial charge on any atom is 0.254 e. The summed E-state index contributed by atoms with van der Waals surface area (Å²) in [4.78, 5) is 26.7. The van der Waals surface area contributed by atoms with Gasteiger partial charge in [-0.15, -0.1) is 0 Å². The number of aryl methyl sites for hydroxylation is 1. The van der Waals surface area contributed by atoms with Crippen molar-refractivity contribution in [2.75, 3.05) is 44.2 Å². The molecule has 1 fully saturated rings. The summed E-state index contributed by atoms with van der Waals surface area (Å²) < 4.78 is 1.79. The van der Waals surface area contributed by atoms with E-state index in [2.05, 4.69) is 20.3 Å². The van der Waals surface area contributed by atoms with Crippen molar-refractivity contribution in [3.63, 3.8) is 0 Å². The molecular weight excluding hydrogens is 402 g/mol. The van der Waals surface area contributed by atoms with E-state index in [1.54, 1.807) is 10.9 Å². The van der Waals surface area contributed by atoms with Gasteiger partial charge in [0.15, 0.2) is 0 Å². The zero-order chi connectivity index (χ0) is 22.5. The highest BCUT2D eigenvalue weighted by molar-refractivity contribution is 5.96. The summed E-state index contributed by atoms with van der Waals surface area (Å²) in [5.41, 5.74) is 4.32. The minimum absolute atomic E-state index is 0.0396. The number of piperazine rings is 1. The number of nitrogens with one attached hydrogen (secondary N) is 1.